The van der Waals surface area contributed by atoms with Gasteiger partial charge in [-0.2, -0.15) is 0 Å². The van der Waals surface area contributed by atoms with Crippen molar-refractivity contribution in [2.75, 3.05) is 13.2 Å². The third-order valence-corrected chi connectivity index (χ3v) is 6.16. The topological polar surface area (TPSA) is 18.5 Å². The fraction of sp³-hybridized carbons (Fsp3) is 0.462. The van der Waals surface area contributed by atoms with E-state index in [0.29, 0.717) is 25.0 Å². The van der Waals surface area contributed by atoms with E-state index >= 15 is 0 Å². The summed E-state index contributed by atoms with van der Waals surface area (Å²) < 4.78 is 13.4. The third-order valence-electron chi connectivity index (χ3n) is 6.16. The molecule has 2 heteroatoms. The maximum Gasteiger partial charge on any atom is 0.190 e. The van der Waals surface area contributed by atoms with Crippen molar-refractivity contribution in [3.05, 3.63) is 83.6 Å². The van der Waals surface area contributed by atoms with Gasteiger partial charge in [-0.15, -0.1) is 0 Å². The molecule has 148 valence electrons. The fourth-order valence-electron chi connectivity index (χ4n) is 5.17. The minimum absolute atomic E-state index is 0.506. The number of fused-ring (bicyclic) bond motifs is 1. The molecule has 28 heavy (non-hydrogen) atoms. The van der Waals surface area contributed by atoms with E-state index < -0.39 is 5.79 Å². The molecular formula is C26H32O2. The van der Waals surface area contributed by atoms with Crippen LogP contribution in [-0.4, -0.2) is 19.0 Å². The summed E-state index contributed by atoms with van der Waals surface area (Å²) in [6.07, 6.45) is 5.68. The highest BCUT2D eigenvalue weighted by Gasteiger charge is 2.64. The number of ether oxygens (including phenoxy) is 2. The molecule has 0 bridgehead atoms. The molecule has 2 atom stereocenters. The Hall–Kier alpha value is -1.64. The first-order valence-electron chi connectivity index (χ1n) is 10.9. The maximum absolute atomic E-state index is 6.72. The molecule has 4 rings (SSSR count). The van der Waals surface area contributed by atoms with Crippen molar-refractivity contribution in [2.24, 2.45) is 11.8 Å². The summed E-state index contributed by atoms with van der Waals surface area (Å²) in [7, 11) is 0. The van der Waals surface area contributed by atoms with Crippen molar-refractivity contribution >= 4 is 0 Å². The lowest BCUT2D eigenvalue weighted by Crippen LogP contribution is -2.46. The summed E-state index contributed by atoms with van der Waals surface area (Å²) in [4.78, 5) is 0. The van der Waals surface area contributed by atoms with E-state index in [1.165, 1.54) is 42.2 Å². The van der Waals surface area contributed by atoms with E-state index in [-0.39, 0.29) is 0 Å². The molecular weight excluding hydrogens is 344 g/mol. The molecule has 2 saturated carbocycles. The SMILES string of the molecule is CCCOC1(OCCC)[C](c2ccccc2)[C@H]2CCC[C@H]2[C]1c1ccccc1. The van der Waals surface area contributed by atoms with E-state index in [1.807, 2.05) is 0 Å². The molecule has 2 nitrogen and oxygen atoms in total. The van der Waals surface area contributed by atoms with Crippen LogP contribution >= 0.6 is 0 Å². The second-order valence-corrected chi connectivity index (χ2v) is 8.02. The van der Waals surface area contributed by atoms with Gasteiger partial charge in [-0.25, -0.2) is 0 Å². The van der Waals surface area contributed by atoms with Crippen LogP contribution in [0.25, 0.3) is 0 Å². The average Bonchev–Trinajstić information content (AvgIpc) is 3.30. The lowest BCUT2D eigenvalue weighted by molar-refractivity contribution is -0.205. The van der Waals surface area contributed by atoms with Crippen LogP contribution in [-0.2, 0) is 9.47 Å². The Bertz CT molecular complexity index is 663. The molecule has 2 aromatic rings. The molecule has 2 aromatic carbocycles. The van der Waals surface area contributed by atoms with E-state index in [1.54, 1.807) is 0 Å². The van der Waals surface area contributed by atoms with Gasteiger partial charge in [-0.1, -0.05) is 80.9 Å². The summed E-state index contributed by atoms with van der Waals surface area (Å²) in [6.45, 7) is 5.76. The van der Waals surface area contributed by atoms with Gasteiger partial charge in [0.2, 0.25) is 0 Å². The molecule has 2 aliphatic rings. The zero-order valence-electron chi connectivity index (χ0n) is 17.2. The maximum atomic E-state index is 6.72. The largest absolute Gasteiger partial charge is 0.348 e. The summed E-state index contributed by atoms with van der Waals surface area (Å²) in [5.41, 5.74) is 2.55. The average molecular weight is 377 g/mol. The Labute approximate surface area is 170 Å². The van der Waals surface area contributed by atoms with Crippen LogP contribution in [0.3, 0.4) is 0 Å². The third kappa shape index (κ3) is 3.42. The summed E-state index contributed by atoms with van der Waals surface area (Å²) in [6, 6.07) is 21.7. The summed E-state index contributed by atoms with van der Waals surface area (Å²) in [5.74, 6) is 3.00. The molecule has 0 aromatic heterocycles. The molecule has 0 amide bonds. The van der Waals surface area contributed by atoms with Crippen LogP contribution in [0.15, 0.2) is 60.7 Å². The summed E-state index contributed by atoms with van der Waals surface area (Å²) >= 11 is 0. The minimum atomic E-state index is -0.732. The van der Waals surface area contributed by atoms with Gasteiger partial charge >= 0.3 is 0 Å². The number of hydrogen-bond acceptors (Lipinski definition) is 2. The quantitative estimate of drug-likeness (QED) is 0.510. The van der Waals surface area contributed by atoms with E-state index in [4.69, 9.17) is 9.47 Å². The summed E-state index contributed by atoms with van der Waals surface area (Å²) in [5, 5.41) is 0. The van der Waals surface area contributed by atoms with Crippen molar-refractivity contribution < 1.29 is 9.47 Å². The second kappa shape index (κ2) is 8.80. The molecule has 0 heterocycles. The smallest absolute Gasteiger partial charge is 0.190 e. The van der Waals surface area contributed by atoms with Crippen LogP contribution in [0.2, 0.25) is 0 Å². The molecule has 0 N–H and O–H groups in total. The first kappa shape index (κ1) is 19.7. The Kier molecular flexibility index (Phi) is 6.18. The van der Waals surface area contributed by atoms with Crippen molar-refractivity contribution in [2.45, 2.75) is 51.7 Å². The van der Waals surface area contributed by atoms with Gasteiger partial charge in [0.15, 0.2) is 5.79 Å². The van der Waals surface area contributed by atoms with Crippen LogP contribution in [0.5, 0.6) is 0 Å². The zero-order chi connectivity index (χ0) is 19.4. The highest BCUT2D eigenvalue weighted by atomic mass is 16.7. The number of rotatable bonds is 8. The highest BCUT2D eigenvalue weighted by Crippen LogP contribution is 2.64. The lowest BCUT2D eigenvalue weighted by Gasteiger charge is -2.41. The monoisotopic (exact) mass is 376 g/mol. The van der Waals surface area contributed by atoms with Crippen LogP contribution in [0, 0.1) is 23.7 Å². The number of benzene rings is 2. The zero-order valence-corrected chi connectivity index (χ0v) is 17.2. The van der Waals surface area contributed by atoms with Gasteiger partial charge in [0.25, 0.3) is 0 Å². The predicted molar refractivity (Wildman–Crippen MR) is 114 cm³/mol. The van der Waals surface area contributed by atoms with Crippen molar-refractivity contribution in [3.63, 3.8) is 0 Å². The van der Waals surface area contributed by atoms with Gasteiger partial charge in [0.05, 0.1) is 11.8 Å². The normalized spacial score (nSPS) is 24.5. The molecule has 0 spiro atoms. The van der Waals surface area contributed by atoms with E-state index in [0.717, 1.165) is 12.8 Å². The van der Waals surface area contributed by atoms with Crippen molar-refractivity contribution in [1.82, 2.24) is 0 Å². The predicted octanol–water partition coefficient (Wildman–Crippen LogP) is 6.21. The Balaban J connectivity index is 1.86. The molecule has 2 fully saturated rings. The van der Waals surface area contributed by atoms with Gasteiger partial charge in [-0.3, -0.25) is 0 Å². The fourth-order valence-corrected chi connectivity index (χ4v) is 5.17. The van der Waals surface area contributed by atoms with Gasteiger partial charge < -0.3 is 9.47 Å². The van der Waals surface area contributed by atoms with Crippen LogP contribution < -0.4 is 0 Å². The Morgan fingerprint density at radius 2 is 1.14 bits per heavy atom. The lowest BCUT2D eigenvalue weighted by atomic mass is 9.82. The molecule has 0 saturated heterocycles. The second-order valence-electron chi connectivity index (χ2n) is 8.02. The highest BCUT2D eigenvalue weighted by molar-refractivity contribution is 5.53. The standard InChI is InChI=1S/C26H32O2/c1-3-18-27-26(28-19-4-2)24(20-12-7-5-8-13-20)22-16-11-17-23(22)25(26)21-14-9-6-10-15-21/h5-10,12-15,22-23H,3-4,11,16-19H2,1-2H3/t22-,23+. The Morgan fingerprint density at radius 3 is 1.54 bits per heavy atom. The first-order chi connectivity index (χ1) is 13.8. The van der Waals surface area contributed by atoms with Gasteiger partial charge in [0.1, 0.15) is 0 Å². The van der Waals surface area contributed by atoms with Crippen molar-refractivity contribution in [3.8, 4) is 0 Å². The van der Waals surface area contributed by atoms with E-state index in [9.17, 15) is 0 Å². The van der Waals surface area contributed by atoms with Crippen LogP contribution in [0.4, 0.5) is 0 Å². The Morgan fingerprint density at radius 1 is 0.714 bits per heavy atom. The first-order valence-corrected chi connectivity index (χ1v) is 10.9. The van der Waals surface area contributed by atoms with E-state index in [2.05, 4.69) is 74.5 Å². The molecule has 2 aliphatic carbocycles. The molecule has 0 unspecified atom stereocenters. The minimum Gasteiger partial charge on any atom is -0.348 e. The van der Waals surface area contributed by atoms with Crippen molar-refractivity contribution in [1.29, 1.82) is 0 Å². The molecule has 0 aliphatic heterocycles. The van der Waals surface area contributed by atoms with Gasteiger partial charge in [-0.05, 0) is 48.6 Å². The van der Waals surface area contributed by atoms with Crippen LogP contribution in [0.1, 0.15) is 57.1 Å². The molecule has 2 radical (unpaired) electrons. The number of hydrogen-bond donors (Lipinski definition) is 0. The van der Waals surface area contributed by atoms with Gasteiger partial charge in [0, 0.05) is 13.2 Å².